The second-order valence-electron chi connectivity index (χ2n) is 7.56. The number of amides is 3. The molecule has 3 amide bonds. The van der Waals surface area contributed by atoms with Crippen LogP contribution in [0.2, 0.25) is 5.02 Å². The smallest absolute Gasteiger partial charge is 0.254 e. The molecule has 0 radical (unpaired) electrons. The van der Waals surface area contributed by atoms with E-state index in [1.165, 1.54) is 0 Å². The zero-order valence-corrected chi connectivity index (χ0v) is 16.9. The minimum Gasteiger partial charge on any atom is -0.342 e. The van der Waals surface area contributed by atoms with Gasteiger partial charge >= 0.3 is 0 Å². The van der Waals surface area contributed by atoms with Gasteiger partial charge in [-0.3, -0.25) is 14.4 Å². The first-order chi connectivity index (χ1) is 13.9. The Kier molecular flexibility index (Phi) is 5.28. The molecule has 2 aromatic carbocycles. The summed E-state index contributed by atoms with van der Waals surface area (Å²) in [4.78, 5) is 41.8. The van der Waals surface area contributed by atoms with Gasteiger partial charge in [0, 0.05) is 30.1 Å². The van der Waals surface area contributed by atoms with Crippen LogP contribution in [0.25, 0.3) is 0 Å². The Morgan fingerprint density at radius 2 is 1.90 bits per heavy atom. The third kappa shape index (κ3) is 3.98. The van der Waals surface area contributed by atoms with Crippen LogP contribution >= 0.6 is 11.6 Å². The van der Waals surface area contributed by atoms with Crippen molar-refractivity contribution in [3.63, 3.8) is 0 Å². The molecule has 1 N–H and O–H groups in total. The average Bonchev–Trinajstić information content (AvgIpc) is 2.72. The maximum absolute atomic E-state index is 12.9. The standard InChI is InChI=1S/C22H22ClN3O3/c1-14-3-2-4-16(11-14)21(28)25-9-10-26-19(13-25)20(27)24-18(22(26)29)12-15-5-7-17(23)8-6-15/h2-8,11,18-19H,9-10,12-13H2,1H3,(H,24,27)/t18-,19+/m0/s1. The number of hydrogen-bond acceptors (Lipinski definition) is 3. The molecule has 2 fully saturated rings. The molecule has 150 valence electrons. The maximum Gasteiger partial charge on any atom is 0.254 e. The van der Waals surface area contributed by atoms with E-state index in [0.29, 0.717) is 30.1 Å². The van der Waals surface area contributed by atoms with Crippen molar-refractivity contribution in [2.24, 2.45) is 0 Å². The van der Waals surface area contributed by atoms with E-state index in [-0.39, 0.29) is 24.3 Å². The van der Waals surface area contributed by atoms with Crippen LogP contribution in [0.3, 0.4) is 0 Å². The zero-order valence-electron chi connectivity index (χ0n) is 16.1. The predicted molar refractivity (Wildman–Crippen MR) is 110 cm³/mol. The molecule has 2 atom stereocenters. The Morgan fingerprint density at radius 3 is 2.62 bits per heavy atom. The van der Waals surface area contributed by atoms with Gasteiger partial charge in [0.05, 0.1) is 6.54 Å². The number of piperazine rings is 2. The molecule has 2 aromatic rings. The van der Waals surface area contributed by atoms with Crippen LogP contribution in [-0.2, 0) is 16.0 Å². The summed E-state index contributed by atoms with van der Waals surface area (Å²) in [7, 11) is 0. The second-order valence-corrected chi connectivity index (χ2v) is 8.00. The Hall–Kier alpha value is -2.86. The SMILES string of the molecule is Cc1cccc(C(=O)N2CCN3C(=O)[C@H](Cc4ccc(Cl)cc4)NC(=O)[C@H]3C2)c1. The molecule has 6 nitrogen and oxygen atoms in total. The summed E-state index contributed by atoms with van der Waals surface area (Å²) < 4.78 is 0. The van der Waals surface area contributed by atoms with Crippen molar-refractivity contribution < 1.29 is 14.4 Å². The lowest BCUT2D eigenvalue weighted by atomic mass is 9.98. The van der Waals surface area contributed by atoms with Gasteiger partial charge < -0.3 is 15.1 Å². The van der Waals surface area contributed by atoms with Crippen molar-refractivity contribution in [3.8, 4) is 0 Å². The molecule has 2 aliphatic rings. The number of hydrogen-bond donors (Lipinski definition) is 1. The molecule has 29 heavy (non-hydrogen) atoms. The molecule has 7 heteroatoms. The predicted octanol–water partition coefficient (Wildman–Crippen LogP) is 2.04. The Labute approximate surface area is 174 Å². The van der Waals surface area contributed by atoms with Crippen LogP contribution in [0.4, 0.5) is 0 Å². The minimum absolute atomic E-state index is 0.104. The highest BCUT2D eigenvalue weighted by Gasteiger charge is 2.44. The largest absolute Gasteiger partial charge is 0.342 e. The molecule has 0 unspecified atom stereocenters. The lowest BCUT2D eigenvalue weighted by molar-refractivity contribution is -0.152. The van der Waals surface area contributed by atoms with E-state index in [2.05, 4.69) is 5.32 Å². The minimum atomic E-state index is -0.647. The van der Waals surface area contributed by atoms with Crippen molar-refractivity contribution in [3.05, 3.63) is 70.2 Å². The molecule has 0 spiro atoms. The summed E-state index contributed by atoms with van der Waals surface area (Å²) >= 11 is 5.91. The first-order valence-corrected chi connectivity index (χ1v) is 10.0. The lowest BCUT2D eigenvalue weighted by Gasteiger charge is -2.45. The van der Waals surface area contributed by atoms with Gasteiger partial charge in [-0.1, -0.05) is 41.4 Å². The molecular weight excluding hydrogens is 390 g/mol. The Balaban J connectivity index is 1.46. The monoisotopic (exact) mass is 411 g/mol. The number of nitrogens with zero attached hydrogens (tertiary/aromatic N) is 2. The highest BCUT2D eigenvalue weighted by molar-refractivity contribution is 6.30. The van der Waals surface area contributed by atoms with E-state index in [1.54, 1.807) is 28.0 Å². The van der Waals surface area contributed by atoms with Gasteiger partial charge in [-0.05, 0) is 36.8 Å². The van der Waals surface area contributed by atoms with Crippen molar-refractivity contribution in [2.75, 3.05) is 19.6 Å². The summed E-state index contributed by atoms with van der Waals surface area (Å²) in [6.45, 7) is 2.91. The molecule has 0 aromatic heterocycles. The lowest BCUT2D eigenvalue weighted by Crippen LogP contribution is -2.70. The first kappa shape index (κ1) is 19.5. The van der Waals surface area contributed by atoms with Gasteiger partial charge in [0.2, 0.25) is 11.8 Å². The molecule has 0 saturated carbocycles. The van der Waals surface area contributed by atoms with E-state index in [9.17, 15) is 14.4 Å². The van der Waals surface area contributed by atoms with Gasteiger partial charge in [0.1, 0.15) is 12.1 Å². The number of nitrogens with one attached hydrogen (secondary N) is 1. The third-order valence-corrected chi connectivity index (χ3v) is 5.74. The van der Waals surface area contributed by atoms with E-state index >= 15 is 0 Å². The Bertz CT molecular complexity index is 960. The topological polar surface area (TPSA) is 69.7 Å². The second kappa shape index (κ2) is 7.87. The summed E-state index contributed by atoms with van der Waals surface area (Å²) in [6.07, 6.45) is 0.414. The third-order valence-electron chi connectivity index (χ3n) is 5.49. The van der Waals surface area contributed by atoms with Crippen molar-refractivity contribution in [1.29, 1.82) is 0 Å². The molecule has 2 aliphatic heterocycles. The average molecular weight is 412 g/mol. The fraction of sp³-hybridized carbons (Fsp3) is 0.318. The van der Waals surface area contributed by atoms with Crippen LogP contribution in [0, 0.1) is 6.92 Å². The van der Waals surface area contributed by atoms with E-state index in [4.69, 9.17) is 11.6 Å². The summed E-state index contributed by atoms with van der Waals surface area (Å²) in [5.74, 6) is -0.436. The van der Waals surface area contributed by atoms with Crippen LogP contribution < -0.4 is 5.32 Å². The first-order valence-electron chi connectivity index (χ1n) is 9.63. The summed E-state index contributed by atoms with van der Waals surface area (Å²) in [6, 6.07) is 13.4. The summed E-state index contributed by atoms with van der Waals surface area (Å²) in [5.41, 5.74) is 2.53. The van der Waals surface area contributed by atoms with Crippen molar-refractivity contribution in [2.45, 2.75) is 25.4 Å². The Morgan fingerprint density at radius 1 is 1.14 bits per heavy atom. The van der Waals surface area contributed by atoms with E-state index < -0.39 is 12.1 Å². The van der Waals surface area contributed by atoms with Gasteiger partial charge in [0.25, 0.3) is 5.91 Å². The molecule has 0 bridgehead atoms. The number of benzene rings is 2. The van der Waals surface area contributed by atoms with Crippen LogP contribution in [0.1, 0.15) is 21.5 Å². The van der Waals surface area contributed by atoms with Gasteiger partial charge in [-0.25, -0.2) is 0 Å². The number of aryl methyl sites for hydroxylation is 1. The number of carbonyl (C=O) groups excluding carboxylic acids is 3. The summed E-state index contributed by atoms with van der Waals surface area (Å²) in [5, 5.41) is 3.46. The highest BCUT2D eigenvalue weighted by atomic mass is 35.5. The number of carbonyl (C=O) groups is 3. The normalized spacial score (nSPS) is 21.6. The van der Waals surface area contributed by atoms with Crippen molar-refractivity contribution >= 4 is 29.3 Å². The number of rotatable bonds is 3. The van der Waals surface area contributed by atoms with Crippen LogP contribution in [0.15, 0.2) is 48.5 Å². The zero-order chi connectivity index (χ0) is 20.5. The number of halogens is 1. The van der Waals surface area contributed by atoms with E-state index in [1.807, 2.05) is 37.3 Å². The molecule has 4 rings (SSSR count). The highest BCUT2D eigenvalue weighted by Crippen LogP contribution is 2.20. The molecule has 0 aliphatic carbocycles. The van der Waals surface area contributed by atoms with Gasteiger partial charge in [-0.2, -0.15) is 0 Å². The molecule has 2 heterocycles. The molecule has 2 saturated heterocycles. The maximum atomic E-state index is 12.9. The quantitative estimate of drug-likeness (QED) is 0.840. The van der Waals surface area contributed by atoms with E-state index in [0.717, 1.165) is 11.1 Å². The van der Waals surface area contributed by atoms with Gasteiger partial charge in [0.15, 0.2) is 0 Å². The van der Waals surface area contributed by atoms with Crippen LogP contribution in [0.5, 0.6) is 0 Å². The fourth-order valence-electron chi connectivity index (χ4n) is 3.94. The number of fused-ring (bicyclic) bond motifs is 1. The van der Waals surface area contributed by atoms with Crippen LogP contribution in [-0.4, -0.2) is 59.2 Å². The molecular formula is C22H22ClN3O3. The van der Waals surface area contributed by atoms with Crippen molar-refractivity contribution in [1.82, 2.24) is 15.1 Å². The fourth-order valence-corrected chi connectivity index (χ4v) is 4.07. The van der Waals surface area contributed by atoms with Gasteiger partial charge in [-0.15, -0.1) is 0 Å².